The SMILES string of the molecule is CCOC(=O)CNc1nc(C)[nH]c1N. The van der Waals surface area contributed by atoms with E-state index in [4.69, 9.17) is 10.5 Å². The maximum Gasteiger partial charge on any atom is 0.325 e. The molecule has 0 radical (unpaired) electrons. The van der Waals surface area contributed by atoms with E-state index in [1.54, 1.807) is 13.8 Å². The van der Waals surface area contributed by atoms with Gasteiger partial charge in [0.1, 0.15) is 18.2 Å². The van der Waals surface area contributed by atoms with E-state index in [0.29, 0.717) is 24.1 Å². The van der Waals surface area contributed by atoms with E-state index in [2.05, 4.69) is 15.3 Å². The van der Waals surface area contributed by atoms with Gasteiger partial charge in [0.05, 0.1) is 6.61 Å². The summed E-state index contributed by atoms with van der Waals surface area (Å²) in [6.45, 7) is 3.98. The highest BCUT2D eigenvalue weighted by atomic mass is 16.5. The summed E-state index contributed by atoms with van der Waals surface area (Å²) in [6.07, 6.45) is 0. The molecular weight excluding hydrogens is 184 g/mol. The minimum absolute atomic E-state index is 0.0718. The van der Waals surface area contributed by atoms with Gasteiger partial charge in [-0.1, -0.05) is 0 Å². The zero-order valence-corrected chi connectivity index (χ0v) is 8.26. The standard InChI is InChI=1S/C8H14N4O2/c1-3-14-6(13)4-10-8-7(9)11-5(2)12-8/h10H,3-4,9H2,1-2H3,(H,11,12). The smallest absolute Gasteiger partial charge is 0.325 e. The zero-order valence-electron chi connectivity index (χ0n) is 8.26. The Morgan fingerprint density at radius 2 is 2.43 bits per heavy atom. The molecule has 4 N–H and O–H groups in total. The van der Waals surface area contributed by atoms with Crippen LogP contribution in [0.5, 0.6) is 0 Å². The molecule has 1 aromatic rings. The fourth-order valence-corrected chi connectivity index (χ4v) is 1.01. The Bertz CT molecular complexity index is 321. The van der Waals surface area contributed by atoms with Crippen molar-refractivity contribution in [3.63, 3.8) is 0 Å². The third-order valence-corrected chi connectivity index (χ3v) is 1.56. The maximum absolute atomic E-state index is 11.0. The fourth-order valence-electron chi connectivity index (χ4n) is 1.01. The molecule has 0 spiro atoms. The zero-order chi connectivity index (χ0) is 10.6. The number of aromatic amines is 1. The van der Waals surface area contributed by atoms with Crippen LogP contribution in [0.4, 0.5) is 11.6 Å². The Kier molecular flexibility index (Phi) is 3.33. The van der Waals surface area contributed by atoms with Crippen molar-refractivity contribution in [2.45, 2.75) is 13.8 Å². The molecule has 0 aliphatic rings. The summed E-state index contributed by atoms with van der Waals surface area (Å²) in [4.78, 5) is 17.8. The highest BCUT2D eigenvalue weighted by Gasteiger charge is 2.06. The van der Waals surface area contributed by atoms with E-state index in [1.807, 2.05) is 0 Å². The molecule has 0 fully saturated rings. The number of nitrogens with two attached hydrogens (primary N) is 1. The van der Waals surface area contributed by atoms with Crippen LogP contribution in [0.3, 0.4) is 0 Å². The number of H-pyrrole nitrogens is 1. The second-order valence-corrected chi connectivity index (χ2v) is 2.74. The summed E-state index contributed by atoms with van der Waals surface area (Å²) in [7, 11) is 0. The molecule has 0 saturated carbocycles. The lowest BCUT2D eigenvalue weighted by Gasteiger charge is -2.03. The number of imidazole rings is 1. The number of nitrogens with zero attached hydrogens (tertiary/aromatic N) is 1. The number of aromatic nitrogens is 2. The number of nitrogen functional groups attached to an aromatic ring is 1. The van der Waals surface area contributed by atoms with Crippen LogP contribution in [0.1, 0.15) is 12.7 Å². The number of rotatable bonds is 4. The lowest BCUT2D eigenvalue weighted by atomic mass is 10.6. The molecule has 1 aromatic heterocycles. The summed E-state index contributed by atoms with van der Waals surface area (Å²) in [6, 6.07) is 0. The van der Waals surface area contributed by atoms with E-state index in [-0.39, 0.29) is 12.5 Å². The predicted molar refractivity (Wildman–Crippen MR) is 52.9 cm³/mol. The third kappa shape index (κ3) is 2.65. The van der Waals surface area contributed by atoms with Gasteiger partial charge < -0.3 is 20.8 Å². The minimum atomic E-state index is -0.326. The molecule has 1 rings (SSSR count). The van der Waals surface area contributed by atoms with Crippen LogP contribution >= 0.6 is 0 Å². The molecule has 14 heavy (non-hydrogen) atoms. The maximum atomic E-state index is 11.0. The monoisotopic (exact) mass is 198 g/mol. The van der Waals surface area contributed by atoms with Crippen molar-refractivity contribution in [1.82, 2.24) is 9.97 Å². The van der Waals surface area contributed by atoms with Crippen LogP contribution in [0.2, 0.25) is 0 Å². The Morgan fingerprint density at radius 1 is 1.71 bits per heavy atom. The number of aryl methyl sites for hydroxylation is 1. The van der Waals surface area contributed by atoms with Gasteiger partial charge in [-0.25, -0.2) is 4.98 Å². The van der Waals surface area contributed by atoms with E-state index in [9.17, 15) is 4.79 Å². The molecule has 6 heteroatoms. The molecule has 0 amide bonds. The first-order valence-electron chi connectivity index (χ1n) is 4.35. The van der Waals surface area contributed by atoms with Gasteiger partial charge in [-0.15, -0.1) is 0 Å². The average Bonchev–Trinajstić information content (AvgIpc) is 2.42. The first kappa shape index (κ1) is 10.4. The lowest BCUT2D eigenvalue weighted by molar-refractivity contribution is -0.140. The van der Waals surface area contributed by atoms with Crippen LogP contribution in [-0.2, 0) is 9.53 Å². The van der Waals surface area contributed by atoms with Crippen molar-refractivity contribution in [3.8, 4) is 0 Å². The van der Waals surface area contributed by atoms with Crippen LogP contribution in [0.15, 0.2) is 0 Å². The molecule has 1 heterocycles. The van der Waals surface area contributed by atoms with Crippen LogP contribution < -0.4 is 11.1 Å². The van der Waals surface area contributed by atoms with Gasteiger partial charge in [-0.2, -0.15) is 0 Å². The van der Waals surface area contributed by atoms with E-state index in [1.165, 1.54) is 0 Å². The van der Waals surface area contributed by atoms with Gasteiger partial charge in [-0.3, -0.25) is 4.79 Å². The van der Waals surface area contributed by atoms with Gasteiger partial charge >= 0.3 is 5.97 Å². The largest absolute Gasteiger partial charge is 0.465 e. The number of hydrogen-bond donors (Lipinski definition) is 3. The van der Waals surface area contributed by atoms with E-state index >= 15 is 0 Å². The summed E-state index contributed by atoms with van der Waals surface area (Å²) >= 11 is 0. The van der Waals surface area contributed by atoms with E-state index in [0.717, 1.165) is 0 Å². The first-order valence-corrected chi connectivity index (χ1v) is 4.35. The number of esters is 1. The van der Waals surface area contributed by atoms with Gasteiger partial charge in [0.2, 0.25) is 0 Å². The van der Waals surface area contributed by atoms with Crippen molar-refractivity contribution >= 4 is 17.6 Å². The predicted octanol–water partition coefficient (Wildman–Crippen LogP) is 0.275. The number of carbonyl (C=O) groups excluding carboxylic acids is 1. The quantitative estimate of drug-likeness (QED) is 0.604. The Balaban J connectivity index is 2.45. The number of ether oxygens (including phenoxy) is 1. The summed E-state index contributed by atoms with van der Waals surface area (Å²) in [5, 5.41) is 2.78. The molecule has 6 nitrogen and oxygen atoms in total. The molecule has 0 aliphatic carbocycles. The Labute approximate surface area is 81.8 Å². The molecule has 0 aromatic carbocycles. The van der Waals surface area contributed by atoms with Crippen molar-refractivity contribution in [3.05, 3.63) is 5.82 Å². The van der Waals surface area contributed by atoms with Crippen LogP contribution in [0, 0.1) is 6.92 Å². The third-order valence-electron chi connectivity index (χ3n) is 1.56. The van der Waals surface area contributed by atoms with Crippen molar-refractivity contribution in [2.75, 3.05) is 24.2 Å². The molecule has 0 bridgehead atoms. The van der Waals surface area contributed by atoms with Crippen molar-refractivity contribution < 1.29 is 9.53 Å². The van der Waals surface area contributed by atoms with Crippen molar-refractivity contribution in [2.24, 2.45) is 0 Å². The first-order chi connectivity index (χ1) is 6.63. The highest BCUT2D eigenvalue weighted by molar-refractivity contribution is 5.75. The molecule has 0 aliphatic heterocycles. The van der Waals surface area contributed by atoms with Crippen molar-refractivity contribution in [1.29, 1.82) is 0 Å². The number of carbonyl (C=O) groups is 1. The van der Waals surface area contributed by atoms with E-state index < -0.39 is 0 Å². The highest BCUT2D eigenvalue weighted by Crippen LogP contribution is 2.12. The lowest BCUT2D eigenvalue weighted by Crippen LogP contribution is -2.17. The second-order valence-electron chi connectivity index (χ2n) is 2.74. The number of nitrogens with one attached hydrogen (secondary N) is 2. The summed E-state index contributed by atoms with van der Waals surface area (Å²) in [5.41, 5.74) is 5.57. The Hall–Kier alpha value is -1.72. The normalized spacial score (nSPS) is 9.86. The molecular formula is C8H14N4O2. The van der Waals surface area contributed by atoms with Crippen LogP contribution in [-0.4, -0.2) is 29.1 Å². The average molecular weight is 198 g/mol. The van der Waals surface area contributed by atoms with Gasteiger partial charge in [0, 0.05) is 0 Å². The summed E-state index contributed by atoms with van der Waals surface area (Å²) in [5.74, 6) is 1.28. The molecule has 0 unspecified atom stereocenters. The molecule has 0 atom stereocenters. The minimum Gasteiger partial charge on any atom is -0.465 e. The number of hydrogen-bond acceptors (Lipinski definition) is 5. The molecule has 0 saturated heterocycles. The van der Waals surface area contributed by atoms with Crippen LogP contribution in [0.25, 0.3) is 0 Å². The van der Waals surface area contributed by atoms with Gasteiger partial charge in [-0.05, 0) is 13.8 Å². The summed E-state index contributed by atoms with van der Waals surface area (Å²) < 4.78 is 4.73. The fraction of sp³-hybridized carbons (Fsp3) is 0.500. The topological polar surface area (TPSA) is 93.0 Å². The second kappa shape index (κ2) is 4.50. The Morgan fingerprint density at radius 3 is 2.93 bits per heavy atom. The number of anilines is 2. The van der Waals surface area contributed by atoms with Gasteiger partial charge in [0.25, 0.3) is 0 Å². The molecule has 78 valence electrons. The van der Waals surface area contributed by atoms with Gasteiger partial charge in [0.15, 0.2) is 5.82 Å².